The maximum absolute atomic E-state index is 14.1. The van der Waals surface area contributed by atoms with Crippen LogP contribution in [0.3, 0.4) is 0 Å². The minimum Gasteiger partial charge on any atom is -0.349 e. The zero-order valence-corrected chi connectivity index (χ0v) is 11.9. The van der Waals surface area contributed by atoms with Gasteiger partial charge in [-0.15, -0.1) is 0 Å². The van der Waals surface area contributed by atoms with Crippen LogP contribution in [-0.4, -0.2) is 4.98 Å². The van der Waals surface area contributed by atoms with Crippen molar-refractivity contribution >= 4 is 22.7 Å². The number of para-hydroxylation sites is 1. The molecule has 0 fully saturated rings. The number of nitrogens with one attached hydrogen (secondary N) is 1. The van der Waals surface area contributed by atoms with E-state index in [1.165, 1.54) is 17.8 Å². The normalized spacial score (nSPS) is 12.8. The topological polar surface area (TPSA) is 41.8 Å². The molecule has 2 aromatic carbocycles. The number of benzene rings is 2. The molecule has 1 heterocycles. The molecule has 0 aliphatic heterocycles. The SMILES string of the molecule is C[C@@H](N)c1ccc(Sc2cc3ccccc3[nH]2)c(F)c1. The van der Waals surface area contributed by atoms with Crippen molar-refractivity contribution in [3.05, 3.63) is 59.9 Å². The molecule has 3 N–H and O–H groups in total. The molecule has 1 aromatic heterocycles. The summed E-state index contributed by atoms with van der Waals surface area (Å²) in [5.41, 5.74) is 7.62. The molecule has 3 aromatic rings. The lowest BCUT2D eigenvalue weighted by molar-refractivity contribution is 0.596. The van der Waals surface area contributed by atoms with Crippen molar-refractivity contribution in [1.82, 2.24) is 4.98 Å². The van der Waals surface area contributed by atoms with E-state index in [2.05, 4.69) is 4.98 Å². The van der Waals surface area contributed by atoms with Gasteiger partial charge in [0.1, 0.15) is 5.82 Å². The number of aromatic amines is 1. The lowest BCUT2D eigenvalue weighted by Gasteiger charge is -2.07. The number of H-pyrrole nitrogens is 1. The third-order valence-corrected chi connectivity index (χ3v) is 4.20. The molecule has 0 saturated carbocycles. The molecular formula is C16H15FN2S. The predicted molar refractivity (Wildman–Crippen MR) is 81.4 cm³/mol. The van der Waals surface area contributed by atoms with Gasteiger partial charge in [-0.05, 0) is 36.8 Å². The maximum Gasteiger partial charge on any atom is 0.137 e. The Hall–Kier alpha value is -1.78. The zero-order valence-electron chi connectivity index (χ0n) is 11.1. The Labute approximate surface area is 121 Å². The highest BCUT2D eigenvalue weighted by Gasteiger charge is 2.09. The average molecular weight is 286 g/mol. The van der Waals surface area contributed by atoms with Gasteiger partial charge < -0.3 is 10.7 Å². The molecule has 0 spiro atoms. The van der Waals surface area contributed by atoms with E-state index in [9.17, 15) is 4.39 Å². The van der Waals surface area contributed by atoms with Gasteiger partial charge in [0, 0.05) is 21.8 Å². The second-order valence-corrected chi connectivity index (χ2v) is 5.89. The summed E-state index contributed by atoms with van der Waals surface area (Å²) >= 11 is 1.39. The first-order valence-corrected chi connectivity index (χ1v) is 7.26. The predicted octanol–water partition coefficient (Wildman–Crippen LogP) is 4.48. The van der Waals surface area contributed by atoms with E-state index in [4.69, 9.17) is 5.73 Å². The van der Waals surface area contributed by atoms with Crippen LogP contribution in [0.4, 0.5) is 4.39 Å². The molecule has 0 unspecified atom stereocenters. The van der Waals surface area contributed by atoms with E-state index in [-0.39, 0.29) is 11.9 Å². The van der Waals surface area contributed by atoms with Gasteiger partial charge in [-0.3, -0.25) is 0 Å². The van der Waals surface area contributed by atoms with Gasteiger partial charge in [0.05, 0.1) is 5.03 Å². The molecule has 0 saturated heterocycles. The number of hydrogen-bond donors (Lipinski definition) is 2. The highest BCUT2D eigenvalue weighted by Crippen LogP contribution is 2.32. The van der Waals surface area contributed by atoms with E-state index in [0.717, 1.165) is 21.5 Å². The molecule has 0 amide bonds. The van der Waals surface area contributed by atoms with Crippen LogP contribution in [0.2, 0.25) is 0 Å². The molecular weight excluding hydrogens is 271 g/mol. The van der Waals surface area contributed by atoms with E-state index in [1.54, 1.807) is 6.07 Å². The summed E-state index contributed by atoms with van der Waals surface area (Å²) in [7, 11) is 0. The van der Waals surface area contributed by atoms with Gasteiger partial charge in [-0.2, -0.15) is 0 Å². The van der Waals surface area contributed by atoms with Crippen molar-refractivity contribution in [2.24, 2.45) is 5.73 Å². The van der Waals surface area contributed by atoms with Crippen LogP contribution in [0.1, 0.15) is 18.5 Å². The van der Waals surface area contributed by atoms with Gasteiger partial charge in [0.15, 0.2) is 0 Å². The molecule has 0 radical (unpaired) electrons. The molecule has 2 nitrogen and oxygen atoms in total. The zero-order chi connectivity index (χ0) is 14.1. The standard InChI is InChI=1S/C16H15FN2S/c1-10(18)11-6-7-15(13(17)8-11)20-16-9-12-4-2-3-5-14(12)19-16/h2-10,19H,18H2,1H3/t10-/m1/s1. The number of rotatable bonds is 3. The van der Waals surface area contributed by atoms with Gasteiger partial charge >= 0.3 is 0 Å². The first-order chi connectivity index (χ1) is 9.63. The van der Waals surface area contributed by atoms with Crippen molar-refractivity contribution in [2.45, 2.75) is 22.9 Å². The largest absolute Gasteiger partial charge is 0.349 e. The first kappa shape index (κ1) is 13.2. The first-order valence-electron chi connectivity index (χ1n) is 6.44. The van der Waals surface area contributed by atoms with E-state index in [0.29, 0.717) is 4.90 Å². The van der Waals surface area contributed by atoms with Gasteiger partial charge in [0.25, 0.3) is 0 Å². The smallest absolute Gasteiger partial charge is 0.137 e. The summed E-state index contributed by atoms with van der Waals surface area (Å²) in [6, 6.07) is 15.0. The van der Waals surface area contributed by atoms with Crippen molar-refractivity contribution in [1.29, 1.82) is 0 Å². The Bertz CT molecular complexity index is 716. The van der Waals surface area contributed by atoms with E-state index in [1.807, 2.05) is 43.3 Å². The fourth-order valence-corrected chi connectivity index (χ4v) is 2.98. The Balaban J connectivity index is 1.90. The fraction of sp³-hybridized carbons (Fsp3) is 0.125. The highest BCUT2D eigenvalue weighted by molar-refractivity contribution is 7.99. The molecule has 1 atom stereocenters. The molecule has 0 aliphatic rings. The highest BCUT2D eigenvalue weighted by atomic mass is 32.2. The van der Waals surface area contributed by atoms with E-state index >= 15 is 0 Å². The Kier molecular flexibility index (Phi) is 3.51. The van der Waals surface area contributed by atoms with Crippen LogP contribution in [0.5, 0.6) is 0 Å². The number of halogens is 1. The molecule has 0 aliphatic carbocycles. The summed E-state index contributed by atoms with van der Waals surface area (Å²) in [5.74, 6) is -0.233. The minimum absolute atomic E-state index is 0.156. The van der Waals surface area contributed by atoms with Crippen LogP contribution in [-0.2, 0) is 0 Å². The average Bonchev–Trinajstić information content (AvgIpc) is 2.83. The Morgan fingerprint density at radius 3 is 2.65 bits per heavy atom. The summed E-state index contributed by atoms with van der Waals surface area (Å²) in [4.78, 5) is 3.88. The molecule has 102 valence electrons. The third-order valence-electron chi connectivity index (χ3n) is 3.21. The molecule has 3 rings (SSSR count). The van der Waals surface area contributed by atoms with Crippen molar-refractivity contribution < 1.29 is 4.39 Å². The number of hydrogen-bond acceptors (Lipinski definition) is 2. The molecule has 0 bridgehead atoms. The lowest BCUT2D eigenvalue weighted by atomic mass is 10.1. The number of aromatic nitrogens is 1. The Morgan fingerprint density at radius 1 is 1.15 bits per heavy atom. The molecule has 20 heavy (non-hydrogen) atoms. The van der Waals surface area contributed by atoms with Crippen LogP contribution in [0.15, 0.2) is 58.5 Å². The van der Waals surface area contributed by atoms with Gasteiger partial charge in [0.2, 0.25) is 0 Å². The maximum atomic E-state index is 14.1. The van der Waals surface area contributed by atoms with Crippen molar-refractivity contribution in [2.75, 3.05) is 0 Å². The monoisotopic (exact) mass is 286 g/mol. The molecule has 4 heteroatoms. The third kappa shape index (κ3) is 2.57. The quantitative estimate of drug-likeness (QED) is 0.745. The van der Waals surface area contributed by atoms with Crippen LogP contribution in [0.25, 0.3) is 10.9 Å². The summed E-state index contributed by atoms with van der Waals surface area (Å²) in [5, 5.41) is 2.06. The van der Waals surface area contributed by atoms with Gasteiger partial charge in [-0.25, -0.2) is 4.39 Å². The second-order valence-electron chi connectivity index (χ2n) is 4.80. The van der Waals surface area contributed by atoms with Gasteiger partial charge in [-0.1, -0.05) is 36.0 Å². The minimum atomic E-state index is -0.233. The second kappa shape index (κ2) is 5.31. The number of nitrogens with two attached hydrogens (primary N) is 1. The number of fused-ring (bicyclic) bond motifs is 1. The Morgan fingerprint density at radius 2 is 1.95 bits per heavy atom. The summed E-state index contributed by atoms with van der Waals surface area (Å²) in [6.07, 6.45) is 0. The van der Waals surface area contributed by atoms with Crippen molar-refractivity contribution in [3.8, 4) is 0 Å². The van der Waals surface area contributed by atoms with Crippen LogP contribution in [0, 0.1) is 5.82 Å². The fourth-order valence-electron chi connectivity index (χ4n) is 2.10. The van der Waals surface area contributed by atoms with Crippen LogP contribution >= 0.6 is 11.8 Å². The van der Waals surface area contributed by atoms with E-state index < -0.39 is 0 Å². The summed E-state index contributed by atoms with van der Waals surface area (Å²) in [6.45, 7) is 1.85. The van der Waals surface area contributed by atoms with Crippen LogP contribution < -0.4 is 5.73 Å². The summed E-state index contributed by atoms with van der Waals surface area (Å²) < 4.78 is 14.1. The lowest BCUT2D eigenvalue weighted by Crippen LogP contribution is -2.05. The van der Waals surface area contributed by atoms with Crippen molar-refractivity contribution in [3.63, 3.8) is 0 Å².